The quantitative estimate of drug-likeness (QED) is 0.890. The zero-order chi connectivity index (χ0) is 15.5. The van der Waals surface area contributed by atoms with Gasteiger partial charge in [0.15, 0.2) is 0 Å². The van der Waals surface area contributed by atoms with Crippen molar-refractivity contribution in [1.29, 1.82) is 0 Å². The number of rotatable bonds is 5. The van der Waals surface area contributed by atoms with Crippen LogP contribution in [0.4, 0.5) is 0 Å². The number of hydrogen-bond donors (Lipinski definition) is 2. The van der Waals surface area contributed by atoms with Crippen molar-refractivity contribution < 1.29 is 9.90 Å². The molecular formula is C18H18ClNO2. The predicted octanol–water partition coefficient (Wildman–Crippen LogP) is 3.25. The fourth-order valence-electron chi connectivity index (χ4n) is 2.80. The van der Waals surface area contributed by atoms with Crippen LogP contribution < -0.4 is 5.32 Å². The zero-order valence-electron chi connectivity index (χ0n) is 12.1. The molecule has 3 rings (SSSR count). The van der Waals surface area contributed by atoms with Gasteiger partial charge in [-0.15, -0.1) is 0 Å². The molecule has 0 aromatic heterocycles. The highest BCUT2D eigenvalue weighted by atomic mass is 35.5. The Morgan fingerprint density at radius 2 is 1.82 bits per heavy atom. The molecule has 4 heteroatoms. The molecule has 2 aromatic rings. The Morgan fingerprint density at radius 1 is 1.14 bits per heavy atom. The maximum atomic E-state index is 12.3. The number of amides is 1. The van der Waals surface area contributed by atoms with E-state index in [0.29, 0.717) is 6.54 Å². The van der Waals surface area contributed by atoms with E-state index >= 15 is 0 Å². The molecule has 1 amide bonds. The van der Waals surface area contributed by atoms with E-state index in [2.05, 4.69) is 5.32 Å². The minimum atomic E-state index is -0.0162. The van der Waals surface area contributed by atoms with Crippen LogP contribution in [0, 0.1) is 5.92 Å². The Morgan fingerprint density at radius 3 is 2.55 bits per heavy atom. The highest BCUT2D eigenvalue weighted by Gasteiger charge is 2.44. The summed E-state index contributed by atoms with van der Waals surface area (Å²) in [7, 11) is 0. The van der Waals surface area contributed by atoms with Crippen LogP contribution in [-0.4, -0.2) is 11.0 Å². The number of halogens is 1. The van der Waals surface area contributed by atoms with Crippen molar-refractivity contribution >= 4 is 17.5 Å². The van der Waals surface area contributed by atoms with Gasteiger partial charge < -0.3 is 10.4 Å². The van der Waals surface area contributed by atoms with Gasteiger partial charge in [-0.2, -0.15) is 0 Å². The van der Waals surface area contributed by atoms with Crippen molar-refractivity contribution in [2.75, 3.05) is 0 Å². The summed E-state index contributed by atoms with van der Waals surface area (Å²) in [5, 5.41) is 13.0. The van der Waals surface area contributed by atoms with Gasteiger partial charge in [-0.25, -0.2) is 0 Å². The van der Waals surface area contributed by atoms with E-state index in [-0.39, 0.29) is 24.3 Å². The lowest BCUT2D eigenvalue weighted by molar-refractivity contribution is -0.122. The topological polar surface area (TPSA) is 49.3 Å². The number of hydrogen-bond acceptors (Lipinski definition) is 2. The van der Waals surface area contributed by atoms with Gasteiger partial charge in [0.05, 0.1) is 6.61 Å². The number of nitrogens with one attached hydrogen (secondary N) is 1. The second-order valence-electron chi connectivity index (χ2n) is 5.61. The van der Waals surface area contributed by atoms with E-state index in [1.807, 2.05) is 48.5 Å². The Balaban J connectivity index is 1.59. The molecule has 0 aliphatic heterocycles. The van der Waals surface area contributed by atoms with E-state index in [4.69, 9.17) is 11.6 Å². The molecule has 1 aliphatic rings. The molecule has 1 saturated carbocycles. The molecule has 0 heterocycles. The number of aliphatic hydroxyl groups is 1. The first kappa shape index (κ1) is 15.1. The summed E-state index contributed by atoms with van der Waals surface area (Å²) in [6.07, 6.45) is 0.844. The molecule has 2 atom stereocenters. The summed E-state index contributed by atoms with van der Waals surface area (Å²) in [4.78, 5) is 12.3. The molecule has 114 valence electrons. The van der Waals surface area contributed by atoms with Gasteiger partial charge in [0.1, 0.15) is 0 Å². The van der Waals surface area contributed by atoms with E-state index in [1.165, 1.54) is 0 Å². The molecular weight excluding hydrogens is 298 g/mol. The fourth-order valence-corrected chi connectivity index (χ4v) is 3.08. The lowest BCUT2D eigenvalue weighted by Crippen LogP contribution is -2.25. The molecule has 0 saturated heterocycles. The third kappa shape index (κ3) is 3.16. The molecule has 0 bridgehead atoms. The molecule has 1 aliphatic carbocycles. The Bertz CT molecular complexity index is 686. The third-order valence-corrected chi connectivity index (χ3v) is 4.52. The highest BCUT2D eigenvalue weighted by Crippen LogP contribution is 2.49. The van der Waals surface area contributed by atoms with Crippen LogP contribution in [0.5, 0.6) is 0 Å². The molecule has 22 heavy (non-hydrogen) atoms. The zero-order valence-corrected chi connectivity index (χ0v) is 12.9. The molecule has 0 radical (unpaired) electrons. The summed E-state index contributed by atoms with van der Waals surface area (Å²) in [5.41, 5.74) is 2.86. The molecule has 2 N–H and O–H groups in total. The lowest BCUT2D eigenvalue weighted by Gasteiger charge is -2.09. The maximum absolute atomic E-state index is 12.3. The van der Waals surface area contributed by atoms with Gasteiger partial charge >= 0.3 is 0 Å². The van der Waals surface area contributed by atoms with Gasteiger partial charge in [-0.05, 0) is 35.1 Å². The summed E-state index contributed by atoms with van der Waals surface area (Å²) in [6, 6.07) is 15.3. The van der Waals surface area contributed by atoms with E-state index < -0.39 is 0 Å². The van der Waals surface area contributed by atoms with Crippen LogP contribution in [0.2, 0.25) is 5.02 Å². The molecule has 2 aromatic carbocycles. The van der Waals surface area contributed by atoms with Crippen molar-refractivity contribution in [1.82, 2.24) is 5.32 Å². The maximum Gasteiger partial charge on any atom is 0.224 e. The van der Waals surface area contributed by atoms with Crippen LogP contribution >= 0.6 is 11.6 Å². The molecule has 2 unspecified atom stereocenters. The first-order valence-electron chi connectivity index (χ1n) is 7.40. The third-order valence-electron chi connectivity index (χ3n) is 4.17. The van der Waals surface area contributed by atoms with Crippen LogP contribution in [0.15, 0.2) is 48.5 Å². The monoisotopic (exact) mass is 315 g/mol. The van der Waals surface area contributed by atoms with Gasteiger partial charge in [-0.1, -0.05) is 54.1 Å². The van der Waals surface area contributed by atoms with E-state index in [0.717, 1.165) is 28.1 Å². The lowest BCUT2D eigenvalue weighted by atomic mass is 10.1. The summed E-state index contributed by atoms with van der Waals surface area (Å²) < 4.78 is 0. The average molecular weight is 316 g/mol. The molecule has 3 nitrogen and oxygen atoms in total. The Hall–Kier alpha value is -1.84. The van der Waals surface area contributed by atoms with Crippen molar-refractivity contribution in [2.24, 2.45) is 5.92 Å². The second kappa shape index (κ2) is 6.51. The van der Waals surface area contributed by atoms with Crippen molar-refractivity contribution in [2.45, 2.75) is 25.5 Å². The number of benzene rings is 2. The number of carbonyl (C=O) groups is 1. The van der Waals surface area contributed by atoms with Gasteiger partial charge in [-0.3, -0.25) is 4.79 Å². The van der Waals surface area contributed by atoms with Crippen molar-refractivity contribution in [3.05, 3.63) is 70.2 Å². The van der Waals surface area contributed by atoms with Crippen LogP contribution in [0.1, 0.15) is 29.0 Å². The predicted molar refractivity (Wildman–Crippen MR) is 86.5 cm³/mol. The van der Waals surface area contributed by atoms with Crippen molar-refractivity contribution in [3.63, 3.8) is 0 Å². The first-order valence-corrected chi connectivity index (χ1v) is 7.78. The Labute approximate surface area is 134 Å². The van der Waals surface area contributed by atoms with Crippen LogP contribution in [0.3, 0.4) is 0 Å². The summed E-state index contributed by atoms with van der Waals surface area (Å²) in [6.45, 7) is 0.430. The smallest absolute Gasteiger partial charge is 0.224 e. The fraction of sp³-hybridized carbons (Fsp3) is 0.278. The minimum Gasteiger partial charge on any atom is -0.392 e. The van der Waals surface area contributed by atoms with Crippen molar-refractivity contribution in [3.8, 4) is 0 Å². The van der Waals surface area contributed by atoms with Crippen LogP contribution in [-0.2, 0) is 17.9 Å². The van der Waals surface area contributed by atoms with Gasteiger partial charge in [0.25, 0.3) is 0 Å². The van der Waals surface area contributed by atoms with E-state index in [9.17, 15) is 9.90 Å². The van der Waals surface area contributed by atoms with Gasteiger partial charge in [0.2, 0.25) is 5.91 Å². The van der Waals surface area contributed by atoms with Gasteiger partial charge in [0, 0.05) is 17.5 Å². The highest BCUT2D eigenvalue weighted by molar-refractivity contribution is 6.31. The molecule has 0 spiro atoms. The number of aliphatic hydroxyl groups excluding tert-OH is 1. The standard InChI is InChI=1S/C18H18ClNO2/c19-17-8-4-3-7-14(17)15-9-16(15)18(22)20-10-12-5-1-2-6-13(12)11-21/h1-8,15-16,21H,9-11H2,(H,20,22). The first-order chi connectivity index (χ1) is 10.7. The summed E-state index contributed by atoms with van der Waals surface area (Å²) in [5.74, 6) is 0.278. The second-order valence-corrected chi connectivity index (χ2v) is 6.02. The average Bonchev–Trinajstić information content (AvgIpc) is 3.34. The normalized spacial score (nSPS) is 19.7. The van der Waals surface area contributed by atoms with Crippen LogP contribution in [0.25, 0.3) is 0 Å². The largest absolute Gasteiger partial charge is 0.392 e. The number of carbonyl (C=O) groups excluding carboxylic acids is 1. The Kier molecular flexibility index (Phi) is 4.46. The minimum absolute atomic E-state index is 0.00110. The summed E-state index contributed by atoms with van der Waals surface area (Å²) >= 11 is 6.18. The van der Waals surface area contributed by atoms with E-state index in [1.54, 1.807) is 0 Å². The molecule has 1 fully saturated rings. The SMILES string of the molecule is O=C(NCc1ccccc1CO)C1CC1c1ccccc1Cl.